The van der Waals surface area contributed by atoms with Gasteiger partial charge < -0.3 is 9.84 Å². The monoisotopic (exact) mass is 240 g/mol. The molecule has 92 valence electrons. The Hall–Kier alpha value is -1.80. The van der Waals surface area contributed by atoms with Gasteiger partial charge in [0.2, 0.25) is 0 Å². The minimum atomic E-state index is -0.526. The Kier molecular flexibility index (Phi) is 2.80. The van der Waals surface area contributed by atoms with E-state index in [0.29, 0.717) is 0 Å². The number of hydrogen-bond donors (Lipinski definition) is 1. The van der Waals surface area contributed by atoms with Gasteiger partial charge >= 0.3 is 0 Å². The quantitative estimate of drug-likeness (QED) is 0.874. The van der Waals surface area contributed by atoms with Crippen LogP contribution < -0.4 is 4.74 Å². The third-order valence-corrected chi connectivity index (χ3v) is 3.42. The van der Waals surface area contributed by atoms with E-state index in [1.165, 1.54) is 5.56 Å². The van der Waals surface area contributed by atoms with Crippen LogP contribution in [0.3, 0.4) is 0 Å². The molecule has 0 fully saturated rings. The average Bonchev–Trinajstić information content (AvgIpc) is 2.67. The lowest BCUT2D eigenvalue weighted by Gasteiger charge is -2.17. The Morgan fingerprint density at radius 2 is 1.94 bits per heavy atom. The number of ether oxygens (including phenoxy) is 1. The Balaban J connectivity index is 1.81. The summed E-state index contributed by atoms with van der Waals surface area (Å²) in [5.74, 6) is 0.826. The number of benzene rings is 2. The molecule has 0 aromatic heterocycles. The number of hydrogen-bond acceptors (Lipinski definition) is 2. The van der Waals surface area contributed by atoms with Crippen LogP contribution in [0.25, 0.3) is 0 Å². The zero-order chi connectivity index (χ0) is 12.5. The predicted molar refractivity (Wildman–Crippen MR) is 70.7 cm³/mol. The van der Waals surface area contributed by atoms with Gasteiger partial charge in [0.05, 0.1) is 0 Å². The van der Waals surface area contributed by atoms with Crippen LogP contribution >= 0.6 is 0 Å². The number of fused-ring (bicyclic) bond motifs is 1. The smallest absolute Gasteiger partial charge is 0.133 e. The summed E-state index contributed by atoms with van der Waals surface area (Å²) in [4.78, 5) is 0. The molecule has 0 heterocycles. The molecule has 2 nitrogen and oxygen atoms in total. The molecule has 18 heavy (non-hydrogen) atoms. The van der Waals surface area contributed by atoms with Crippen LogP contribution in [-0.2, 0) is 6.42 Å². The van der Waals surface area contributed by atoms with Crippen molar-refractivity contribution in [3.8, 4) is 5.75 Å². The lowest BCUT2D eigenvalue weighted by Crippen LogP contribution is -2.21. The van der Waals surface area contributed by atoms with Crippen LogP contribution in [0.2, 0.25) is 0 Å². The van der Waals surface area contributed by atoms with Gasteiger partial charge in [0.15, 0.2) is 0 Å². The van der Waals surface area contributed by atoms with E-state index in [0.717, 1.165) is 23.3 Å². The maximum Gasteiger partial charge on any atom is 0.133 e. The van der Waals surface area contributed by atoms with E-state index in [9.17, 15) is 5.11 Å². The summed E-state index contributed by atoms with van der Waals surface area (Å²) >= 11 is 0. The Labute approximate surface area is 107 Å². The number of aryl methyl sites for hydroxylation is 1. The Morgan fingerprint density at radius 3 is 2.72 bits per heavy atom. The van der Waals surface area contributed by atoms with Crippen molar-refractivity contribution in [2.24, 2.45) is 0 Å². The molecule has 0 amide bonds. The van der Waals surface area contributed by atoms with Gasteiger partial charge in [-0.3, -0.25) is 0 Å². The molecule has 0 bridgehead atoms. The predicted octanol–water partition coefficient (Wildman–Crippen LogP) is 3.03. The average molecular weight is 240 g/mol. The third kappa shape index (κ3) is 2.00. The van der Waals surface area contributed by atoms with Crippen LogP contribution in [0.1, 0.15) is 22.8 Å². The van der Waals surface area contributed by atoms with Crippen LogP contribution in [0.15, 0.2) is 48.5 Å². The standard InChI is InChI=1S/C16H16O2/c1-11-5-4-7-13(9-11)18-15-10-12-6-2-3-8-14(12)16(15)17/h2-9,15-17H,10H2,1H3. The normalized spacial score (nSPS) is 21.7. The van der Waals surface area contributed by atoms with Crippen LogP contribution in [0.4, 0.5) is 0 Å². The zero-order valence-electron chi connectivity index (χ0n) is 10.3. The number of aliphatic hydroxyl groups excluding tert-OH is 1. The van der Waals surface area contributed by atoms with Gasteiger partial charge in [-0.25, -0.2) is 0 Å². The molecule has 0 radical (unpaired) electrons. The molecule has 0 saturated carbocycles. The molecule has 1 aliphatic carbocycles. The van der Waals surface area contributed by atoms with Crippen molar-refractivity contribution in [3.05, 3.63) is 65.2 Å². The third-order valence-electron chi connectivity index (χ3n) is 3.42. The van der Waals surface area contributed by atoms with Crippen molar-refractivity contribution in [3.63, 3.8) is 0 Å². The second-order valence-corrected chi connectivity index (χ2v) is 4.82. The van der Waals surface area contributed by atoms with Gasteiger partial charge in [0.1, 0.15) is 18.0 Å². The van der Waals surface area contributed by atoms with E-state index < -0.39 is 6.10 Å². The lowest BCUT2D eigenvalue weighted by atomic mass is 10.1. The number of rotatable bonds is 2. The van der Waals surface area contributed by atoms with Crippen molar-refractivity contribution in [2.45, 2.75) is 25.6 Å². The van der Waals surface area contributed by atoms with Crippen molar-refractivity contribution >= 4 is 0 Å². The van der Waals surface area contributed by atoms with E-state index >= 15 is 0 Å². The first-order chi connectivity index (χ1) is 8.74. The highest BCUT2D eigenvalue weighted by Crippen LogP contribution is 2.33. The van der Waals surface area contributed by atoms with Crippen molar-refractivity contribution in [1.82, 2.24) is 0 Å². The molecule has 2 aromatic carbocycles. The molecule has 0 aliphatic heterocycles. The van der Waals surface area contributed by atoms with E-state index in [1.807, 2.05) is 49.4 Å². The molecule has 2 heteroatoms. The number of aliphatic hydroxyl groups is 1. The van der Waals surface area contributed by atoms with Crippen molar-refractivity contribution in [2.75, 3.05) is 0 Å². The van der Waals surface area contributed by atoms with E-state index in [2.05, 4.69) is 6.07 Å². The Morgan fingerprint density at radius 1 is 1.11 bits per heavy atom. The summed E-state index contributed by atoms with van der Waals surface area (Å²) in [5, 5.41) is 10.2. The maximum atomic E-state index is 10.2. The van der Waals surface area contributed by atoms with E-state index in [1.54, 1.807) is 0 Å². The molecule has 2 aromatic rings. The summed E-state index contributed by atoms with van der Waals surface area (Å²) in [6.07, 6.45) is 0.0663. The maximum absolute atomic E-state index is 10.2. The highest BCUT2D eigenvalue weighted by molar-refractivity contribution is 5.36. The topological polar surface area (TPSA) is 29.5 Å². The molecule has 2 atom stereocenters. The second kappa shape index (κ2) is 4.46. The van der Waals surface area contributed by atoms with E-state index in [4.69, 9.17) is 4.74 Å². The first kappa shape index (κ1) is 11.3. The van der Waals surface area contributed by atoms with Crippen LogP contribution in [0.5, 0.6) is 5.75 Å². The molecule has 0 spiro atoms. The lowest BCUT2D eigenvalue weighted by molar-refractivity contribution is 0.0493. The molecule has 2 unspecified atom stereocenters. The van der Waals surface area contributed by atoms with E-state index in [-0.39, 0.29) is 6.10 Å². The fourth-order valence-electron chi connectivity index (χ4n) is 2.51. The first-order valence-electron chi connectivity index (χ1n) is 6.23. The van der Waals surface area contributed by atoms with Gasteiger partial charge in [0, 0.05) is 6.42 Å². The summed E-state index contributed by atoms with van der Waals surface area (Å²) in [6, 6.07) is 15.9. The minimum Gasteiger partial charge on any atom is -0.487 e. The summed E-state index contributed by atoms with van der Waals surface area (Å²) in [7, 11) is 0. The highest BCUT2D eigenvalue weighted by atomic mass is 16.5. The fourth-order valence-corrected chi connectivity index (χ4v) is 2.51. The van der Waals surface area contributed by atoms with Gasteiger partial charge in [-0.2, -0.15) is 0 Å². The second-order valence-electron chi connectivity index (χ2n) is 4.82. The largest absolute Gasteiger partial charge is 0.487 e. The van der Waals surface area contributed by atoms with Gasteiger partial charge in [-0.1, -0.05) is 36.4 Å². The summed E-state index contributed by atoms with van der Waals surface area (Å²) < 4.78 is 5.90. The van der Waals surface area contributed by atoms with Gasteiger partial charge in [-0.05, 0) is 35.7 Å². The molecule has 3 rings (SSSR count). The highest BCUT2D eigenvalue weighted by Gasteiger charge is 2.32. The summed E-state index contributed by atoms with van der Waals surface area (Å²) in [6.45, 7) is 2.03. The molecule has 0 saturated heterocycles. The van der Waals surface area contributed by atoms with Gasteiger partial charge in [0.25, 0.3) is 0 Å². The van der Waals surface area contributed by atoms with Crippen LogP contribution in [-0.4, -0.2) is 11.2 Å². The molecule has 1 N–H and O–H groups in total. The van der Waals surface area contributed by atoms with Crippen molar-refractivity contribution in [1.29, 1.82) is 0 Å². The van der Waals surface area contributed by atoms with Gasteiger partial charge in [-0.15, -0.1) is 0 Å². The summed E-state index contributed by atoms with van der Waals surface area (Å²) in [5.41, 5.74) is 3.34. The SMILES string of the molecule is Cc1cccc(OC2Cc3ccccc3C2O)c1. The minimum absolute atomic E-state index is 0.177. The van der Waals surface area contributed by atoms with Crippen molar-refractivity contribution < 1.29 is 9.84 Å². The molecular formula is C16H16O2. The zero-order valence-corrected chi connectivity index (χ0v) is 10.3. The first-order valence-corrected chi connectivity index (χ1v) is 6.23. The molecular weight excluding hydrogens is 224 g/mol. The molecule has 1 aliphatic rings. The van der Waals surface area contributed by atoms with Crippen LogP contribution in [0, 0.1) is 6.92 Å². The Bertz CT molecular complexity index is 563. The fraction of sp³-hybridized carbons (Fsp3) is 0.250.